The zero-order valence-corrected chi connectivity index (χ0v) is 11.9. The number of amides is 1. The molecule has 2 atom stereocenters. The molecule has 2 saturated heterocycles. The Morgan fingerprint density at radius 2 is 2.11 bits per heavy atom. The number of nitrogens with zero attached hydrogens (tertiary/aromatic N) is 1. The summed E-state index contributed by atoms with van der Waals surface area (Å²) in [4.78, 5) is 13.9. The minimum absolute atomic E-state index is 0.0577. The molecule has 2 aliphatic heterocycles. The van der Waals surface area contributed by atoms with Crippen molar-refractivity contribution in [1.82, 2.24) is 10.2 Å². The van der Waals surface area contributed by atoms with Crippen LogP contribution in [0.5, 0.6) is 0 Å². The lowest BCUT2D eigenvalue weighted by atomic mass is 10.0. The van der Waals surface area contributed by atoms with Gasteiger partial charge >= 0.3 is 0 Å². The summed E-state index contributed by atoms with van der Waals surface area (Å²) in [5, 5.41) is 12.1. The highest BCUT2D eigenvalue weighted by molar-refractivity contribution is 7.91. The largest absolute Gasteiger partial charge is 0.395 e. The molecule has 2 heterocycles. The quantitative estimate of drug-likeness (QED) is 0.703. The highest BCUT2D eigenvalue weighted by atomic mass is 32.2. The molecule has 1 amide bonds. The topological polar surface area (TPSA) is 86.7 Å². The second kappa shape index (κ2) is 6.19. The highest BCUT2D eigenvalue weighted by Crippen LogP contribution is 2.16. The first-order valence-electron chi connectivity index (χ1n) is 6.85. The number of aliphatic hydroxyl groups excluding tert-OH is 1. The molecule has 0 radical (unpaired) electrons. The number of likely N-dealkylation sites (tertiary alicyclic amines) is 1. The standard InChI is InChI=1S/C12H22N2O4S/c15-8-11-3-1-2-5-14(11)7-12(16)13-10-4-6-19(17,18)9-10/h10-11,15H,1-9H2,(H,13,16). The minimum atomic E-state index is -2.96. The zero-order chi connectivity index (χ0) is 13.9. The number of carbonyl (C=O) groups is 1. The maximum atomic E-state index is 11.9. The zero-order valence-electron chi connectivity index (χ0n) is 11.0. The van der Waals surface area contributed by atoms with Gasteiger partial charge in [-0.05, 0) is 25.8 Å². The monoisotopic (exact) mass is 290 g/mol. The fourth-order valence-electron chi connectivity index (χ4n) is 2.84. The molecule has 2 N–H and O–H groups in total. The Bertz CT molecular complexity index is 423. The van der Waals surface area contributed by atoms with Crippen molar-refractivity contribution in [2.45, 2.75) is 37.8 Å². The third-order valence-corrected chi connectivity index (χ3v) is 5.67. The van der Waals surface area contributed by atoms with Gasteiger partial charge in [-0.3, -0.25) is 9.69 Å². The number of aliphatic hydroxyl groups is 1. The molecule has 0 saturated carbocycles. The second-order valence-electron chi connectivity index (χ2n) is 5.47. The number of carbonyl (C=O) groups excluding carboxylic acids is 1. The van der Waals surface area contributed by atoms with E-state index in [-0.39, 0.29) is 42.6 Å². The average Bonchev–Trinajstić information content (AvgIpc) is 2.69. The Hall–Kier alpha value is -0.660. The molecule has 110 valence electrons. The van der Waals surface area contributed by atoms with Crippen LogP contribution >= 0.6 is 0 Å². The van der Waals surface area contributed by atoms with Gasteiger partial charge in [0.25, 0.3) is 0 Å². The fourth-order valence-corrected chi connectivity index (χ4v) is 4.51. The van der Waals surface area contributed by atoms with Crippen molar-refractivity contribution in [3.63, 3.8) is 0 Å². The number of hydrogen-bond donors (Lipinski definition) is 2. The van der Waals surface area contributed by atoms with Gasteiger partial charge in [0.15, 0.2) is 9.84 Å². The van der Waals surface area contributed by atoms with E-state index in [2.05, 4.69) is 5.32 Å². The Morgan fingerprint density at radius 1 is 1.32 bits per heavy atom. The summed E-state index contributed by atoms with van der Waals surface area (Å²) < 4.78 is 22.6. The van der Waals surface area contributed by atoms with E-state index in [4.69, 9.17) is 0 Å². The molecule has 0 spiro atoms. The van der Waals surface area contributed by atoms with Crippen LogP contribution in [0.15, 0.2) is 0 Å². The molecule has 19 heavy (non-hydrogen) atoms. The van der Waals surface area contributed by atoms with Gasteiger partial charge in [0.2, 0.25) is 5.91 Å². The first kappa shape index (κ1) is 14.7. The molecular formula is C12H22N2O4S. The lowest BCUT2D eigenvalue weighted by molar-refractivity contribution is -0.124. The van der Waals surface area contributed by atoms with E-state index >= 15 is 0 Å². The van der Waals surface area contributed by atoms with E-state index in [1.165, 1.54) is 0 Å². The lowest BCUT2D eigenvalue weighted by Gasteiger charge is -2.34. The van der Waals surface area contributed by atoms with E-state index in [1.54, 1.807) is 0 Å². The van der Waals surface area contributed by atoms with Crippen molar-refractivity contribution in [1.29, 1.82) is 0 Å². The third-order valence-electron chi connectivity index (χ3n) is 3.90. The first-order valence-corrected chi connectivity index (χ1v) is 8.67. The number of rotatable bonds is 4. The lowest BCUT2D eigenvalue weighted by Crippen LogP contribution is -2.49. The Kier molecular flexibility index (Phi) is 4.81. The molecule has 6 nitrogen and oxygen atoms in total. The van der Waals surface area contributed by atoms with Gasteiger partial charge in [-0.15, -0.1) is 0 Å². The molecular weight excluding hydrogens is 268 g/mol. The van der Waals surface area contributed by atoms with Gasteiger partial charge < -0.3 is 10.4 Å². The Balaban J connectivity index is 1.80. The normalized spacial score (nSPS) is 31.2. The van der Waals surface area contributed by atoms with Crippen LogP contribution in [0, 0.1) is 0 Å². The van der Waals surface area contributed by atoms with Gasteiger partial charge in [-0.1, -0.05) is 6.42 Å². The van der Waals surface area contributed by atoms with Crippen molar-refractivity contribution in [3.05, 3.63) is 0 Å². The first-order chi connectivity index (χ1) is 9.00. The summed E-state index contributed by atoms with van der Waals surface area (Å²) in [6.45, 7) is 1.15. The number of hydrogen-bond acceptors (Lipinski definition) is 5. The van der Waals surface area contributed by atoms with Crippen molar-refractivity contribution in [2.24, 2.45) is 0 Å². The second-order valence-corrected chi connectivity index (χ2v) is 7.70. The van der Waals surface area contributed by atoms with E-state index in [9.17, 15) is 18.3 Å². The molecule has 0 bridgehead atoms. The smallest absolute Gasteiger partial charge is 0.234 e. The summed E-state index contributed by atoms with van der Waals surface area (Å²) in [7, 11) is -2.96. The molecule has 0 aliphatic carbocycles. The fraction of sp³-hybridized carbons (Fsp3) is 0.917. The number of sulfone groups is 1. The predicted molar refractivity (Wildman–Crippen MR) is 71.5 cm³/mol. The van der Waals surface area contributed by atoms with Crippen molar-refractivity contribution in [3.8, 4) is 0 Å². The van der Waals surface area contributed by atoms with Crippen LogP contribution in [0.25, 0.3) is 0 Å². The van der Waals surface area contributed by atoms with Crippen LogP contribution in [0.2, 0.25) is 0 Å². The molecule has 2 rings (SSSR count). The molecule has 7 heteroatoms. The van der Waals surface area contributed by atoms with E-state index in [0.29, 0.717) is 6.42 Å². The van der Waals surface area contributed by atoms with Crippen LogP contribution in [0.4, 0.5) is 0 Å². The van der Waals surface area contributed by atoms with Crippen molar-refractivity contribution in [2.75, 3.05) is 31.2 Å². The molecule has 2 fully saturated rings. The highest BCUT2D eigenvalue weighted by Gasteiger charge is 2.30. The summed E-state index contributed by atoms with van der Waals surface area (Å²) in [5.74, 6) is 0.0887. The van der Waals surface area contributed by atoms with Gasteiger partial charge in [-0.2, -0.15) is 0 Å². The van der Waals surface area contributed by atoms with E-state index in [1.807, 2.05) is 4.90 Å². The molecule has 0 aromatic rings. The van der Waals surface area contributed by atoms with E-state index in [0.717, 1.165) is 25.8 Å². The van der Waals surface area contributed by atoms with Crippen LogP contribution < -0.4 is 5.32 Å². The van der Waals surface area contributed by atoms with Gasteiger partial charge in [0, 0.05) is 12.1 Å². The maximum Gasteiger partial charge on any atom is 0.234 e. The molecule has 2 unspecified atom stereocenters. The Labute approximate surface area is 114 Å². The van der Waals surface area contributed by atoms with Crippen LogP contribution in [-0.2, 0) is 14.6 Å². The summed E-state index contributed by atoms with van der Waals surface area (Å²) in [6.07, 6.45) is 3.56. The predicted octanol–water partition coefficient (Wildman–Crippen LogP) is -0.863. The SMILES string of the molecule is O=C(CN1CCCCC1CO)NC1CCS(=O)(=O)C1. The third kappa shape index (κ3) is 4.15. The van der Waals surface area contributed by atoms with Crippen molar-refractivity contribution < 1.29 is 18.3 Å². The minimum Gasteiger partial charge on any atom is -0.395 e. The summed E-state index contributed by atoms with van der Waals surface area (Å²) in [5.41, 5.74) is 0. The van der Waals surface area contributed by atoms with Gasteiger partial charge in [-0.25, -0.2) is 8.42 Å². The van der Waals surface area contributed by atoms with Gasteiger partial charge in [0.1, 0.15) is 0 Å². The average molecular weight is 290 g/mol. The summed E-state index contributed by atoms with van der Waals surface area (Å²) >= 11 is 0. The van der Waals surface area contributed by atoms with Crippen molar-refractivity contribution >= 4 is 15.7 Å². The maximum absolute atomic E-state index is 11.9. The number of nitrogens with one attached hydrogen (secondary N) is 1. The van der Waals surface area contributed by atoms with Crippen LogP contribution in [0.1, 0.15) is 25.7 Å². The molecule has 0 aromatic heterocycles. The summed E-state index contributed by atoms with van der Waals surface area (Å²) in [6, 6.07) is -0.179. The molecule has 2 aliphatic rings. The van der Waals surface area contributed by atoms with Gasteiger partial charge in [0.05, 0.1) is 24.7 Å². The van der Waals surface area contributed by atoms with Crippen LogP contribution in [0.3, 0.4) is 0 Å². The Morgan fingerprint density at radius 3 is 2.74 bits per heavy atom. The molecule has 0 aromatic carbocycles. The van der Waals surface area contributed by atoms with Crippen LogP contribution in [-0.4, -0.2) is 67.6 Å². The van der Waals surface area contributed by atoms with E-state index < -0.39 is 9.84 Å². The number of piperidine rings is 1.